The van der Waals surface area contributed by atoms with Crippen molar-refractivity contribution >= 4 is 5.97 Å². The lowest BCUT2D eigenvalue weighted by atomic mass is 9.41. The molecule has 4 rings (SSSR count). The van der Waals surface area contributed by atoms with E-state index < -0.39 is 0 Å². The zero-order valence-corrected chi connectivity index (χ0v) is 22.8. The van der Waals surface area contributed by atoms with Gasteiger partial charge in [0.2, 0.25) is 0 Å². The second-order valence-electron chi connectivity index (χ2n) is 13.7. The summed E-state index contributed by atoms with van der Waals surface area (Å²) in [7, 11) is 0. The molecule has 0 aliphatic heterocycles. The van der Waals surface area contributed by atoms with Gasteiger partial charge in [0.15, 0.2) is 0 Å². The number of aliphatic hydroxyl groups excluding tert-OH is 2. The van der Waals surface area contributed by atoms with E-state index in [1.54, 1.807) is 0 Å². The SMILES string of the molecule is CC[C@H]1[C@@H](O)[C@@H]2[C@H](CC[C@]3(C)[C@@H]([C@H](C)CCOC(=O)CC(C)C)CC[C@@H]23)[C@@]2(C)CC[C@@H](O)C[C@@H]12. The molecular weight excluding hydrogens is 424 g/mol. The average molecular weight is 477 g/mol. The Morgan fingerprint density at radius 3 is 2.32 bits per heavy atom. The molecule has 0 heterocycles. The summed E-state index contributed by atoms with van der Waals surface area (Å²) in [5.41, 5.74) is 0.540. The number of aliphatic hydroxyl groups is 2. The van der Waals surface area contributed by atoms with Crippen molar-refractivity contribution in [3.8, 4) is 0 Å². The molecule has 0 aromatic heterocycles. The fraction of sp³-hybridized carbons (Fsp3) is 0.967. The van der Waals surface area contributed by atoms with Gasteiger partial charge in [0.25, 0.3) is 0 Å². The molecule has 4 aliphatic carbocycles. The minimum atomic E-state index is -0.228. The standard InChI is InChI=1S/C30H52O4/c1-7-21-25-17-20(31)10-13-30(25,6)24-11-14-29(5)22(8-9-23(29)27(24)28(21)33)19(4)12-15-34-26(32)16-18(2)3/h18-25,27-28,31,33H,7-17H2,1-6H3/t19-,20-,21-,22-,23+,24+,25+,27+,28-,29-,30-/m1/s1. The summed E-state index contributed by atoms with van der Waals surface area (Å²) in [6.07, 6.45) is 9.95. The maximum Gasteiger partial charge on any atom is 0.306 e. The van der Waals surface area contributed by atoms with Crippen molar-refractivity contribution in [2.45, 2.75) is 118 Å². The first-order valence-electron chi connectivity index (χ1n) is 14.5. The maximum atomic E-state index is 12.0. The molecule has 196 valence electrons. The Bertz CT molecular complexity index is 721. The highest BCUT2D eigenvalue weighted by Gasteiger charge is 2.64. The molecule has 0 radical (unpaired) electrons. The average Bonchev–Trinajstić information content (AvgIpc) is 3.12. The van der Waals surface area contributed by atoms with Crippen molar-refractivity contribution in [2.24, 2.45) is 58.2 Å². The van der Waals surface area contributed by atoms with Gasteiger partial charge in [-0.3, -0.25) is 4.79 Å². The Balaban J connectivity index is 1.48. The zero-order valence-electron chi connectivity index (χ0n) is 22.8. The van der Waals surface area contributed by atoms with Crippen LogP contribution >= 0.6 is 0 Å². The van der Waals surface area contributed by atoms with Crippen molar-refractivity contribution in [1.82, 2.24) is 0 Å². The molecule has 0 aromatic rings. The van der Waals surface area contributed by atoms with Gasteiger partial charge < -0.3 is 14.9 Å². The fourth-order valence-corrected chi connectivity index (χ4v) is 9.88. The number of fused-ring (bicyclic) bond motifs is 5. The molecule has 0 bridgehead atoms. The van der Waals surface area contributed by atoms with Gasteiger partial charge in [-0.1, -0.05) is 48.0 Å². The number of ether oxygens (including phenoxy) is 1. The molecule has 2 N–H and O–H groups in total. The Kier molecular flexibility index (Phi) is 7.81. The van der Waals surface area contributed by atoms with Crippen LogP contribution in [0.4, 0.5) is 0 Å². The van der Waals surface area contributed by atoms with Crippen molar-refractivity contribution in [1.29, 1.82) is 0 Å². The third-order valence-electron chi connectivity index (χ3n) is 11.6. The summed E-state index contributed by atoms with van der Waals surface area (Å²) < 4.78 is 5.57. The molecular formula is C30H52O4. The van der Waals surface area contributed by atoms with Gasteiger partial charge in [-0.25, -0.2) is 0 Å². The van der Waals surface area contributed by atoms with Crippen LogP contribution in [0.3, 0.4) is 0 Å². The summed E-state index contributed by atoms with van der Waals surface area (Å²) in [5, 5.41) is 22.3. The van der Waals surface area contributed by atoms with Crippen molar-refractivity contribution in [3.63, 3.8) is 0 Å². The lowest BCUT2D eigenvalue weighted by Gasteiger charge is -2.64. The topological polar surface area (TPSA) is 66.8 Å². The molecule has 4 saturated carbocycles. The molecule has 4 fully saturated rings. The number of carbonyl (C=O) groups is 1. The summed E-state index contributed by atoms with van der Waals surface area (Å²) >= 11 is 0. The second kappa shape index (κ2) is 10.0. The van der Waals surface area contributed by atoms with Crippen molar-refractivity contribution in [3.05, 3.63) is 0 Å². The zero-order chi connectivity index (χ0) is 24.8. The largest absolute Gasteiger partial charge is 0.466 e. The number of rotatable bonds is 7. The highest BCUT2D eigenvalue weighted by molar-refractivity contribution is 5.69. The minimum absolute atomic E-state index is 0.0606. The van der Waals surface area contributed by atoms with Crippen LogP contribution in [0.5, 0.6) is 0 Å². The van der Waals surface area contributed by atoms with Crippen LogP contribution in [0.15, 0.2) is 0 Å². The van der Waals surface area contributed by atoms with Crippen LogP contribution in [-0.2, 0) is 9.53 Å². The van der Waals surface area contributed by atoms with E-state index in [0.29, 0.717) is 60.4 Å². The van der Waals surface area contributed by atoms with Crippen LogP contribution in [0.25, 0.3) is 0 Å². The van der Waals surface area contributed by atoms with Crippen LogP contribution in [0.2, 0.25) is 0 Å². The molecule has 34 heavy (non-hydrogen) atoms. The summed E-state index contributed by atoms with van der Waals surface area (Å²) in [4.78, 5) is 12.0. The molecule has 0 saturated heterocycles. The number of hydrogen-bond acceptors (Lipinski definition) is 4. The van der Waals surface area contributed by atoms with E-state index in [2.05, 4.69) is 41.5 Å². The Morgan fingerprint density at radius 2 is 1.65 bits per heavy atom. The Hall–Kier alpha value is -0.610. The first-order chi connectivity index (χ1) is 16.0. The van der Waals surface area contributed by atoms with E-state index >= 15 is 0 Å². The molecule has 0 amide bonds. The highest BCUT2D eigenvalue weighted by Crippen LogP contribution is 2.69. The molecule has 11 atom stereocenters. The monoisotopic (exact) mass is 476 g/mol. The predicted molar refractivity (Wildman–Crippen MR) is 136 cm³/mol. The fourth-order valence-electron chi connectivity index (χ4n) is 9.88. The molecule has 4 aliphatic rings. The lowest BCUT2D eigenvalue weighted by molar-refractivity contribution is -0.203. The van der Waals surface area contributed by atoms with Gasteiger partial charge in [0.05, 0.1) is 18.8 Å². The van der Waals surface area contributed by atoms with Crippen LogP contribution in [0.1, 0.15) is 106 Å². The third kappa shape index (κ3) is 4.49. The molecule has 0 unspecified atom stereocenters. The summed E-state index contributed by atoms with van der Waals surface area (Å²) in [5.74, 6) is 3.83. The van der Waals surface area contributed by atoms with Crippen molar-refractivity contribution < 1.29 is 19.7 Å². The van der Waals surface area contributed by atoms with Crippen LogP contribution in [0, 0.1) is 58.2 Å². The minimum Gasteiger partial charge on any atom is -0.466 e. The first-order valence-corrected chi connectivity index (χ1v) is 14.5. The molecule has 0 spiro atoms. The molecule has 4 heteroatoms. The van der Waals surface area contributed by atoms with E-state index in [0.717, 1.165) is 32.1 Å². The van der Waals surface area contributed by atoms with Gasteiger partial charge in [-0.15, -0.1) is 0 Å². The highest BCUT2D eigenvalue weighted by atomic mass is 16.5. The molecule has 0 aromatic carbocycles. The Morgan fingerprint density at radius 1 is 0.971 bits per heavy atom. The van der Waals surface area contributed by atoms with E-state index in [1.165, 1.54) is 25.7 Å². The normalized spacial score (nSPS) is 47.0. The van der Waals surface area contributed by atoms with Gasteiger partial charge in [-0.05, 0) is 110 Å². The van der Waals surface area contributed by atoms with E-state index in [-0.39, 0.29) is 29.0 Å². The van der Waals surface area contributed by atoms with E-state index in [4.69, 9.17) is 4.74 Å². The van der Waals surface area contributed by atoms with Crippen LogP contribution in [-0.4, -0.2) is 35.0 Å². The third-order valence-corrected chi connectivity index (χ3v) is 11.6. The van der Waals surface area contributed by atoms with E-state index in [9.17, 15) is 15.0 Å². The van der Waals surface area contributed by atoms with Crippen LogP contribution < -0.4 is 0 Å². The number of carbonyl (C=O) groups excluding carboxylic acids is 1. The molecule has 4 nitrogen and oxygen atoms in total. The smallest absolute Gasteiger partial charge is 0.306 e. The van der Waals surface area contributed by atoms with Gasteiger partial charge >= 0.3 is 5.97 Å². The predicted octanol–water partition coefficient (Wildman–Crippen LogP) is 6.23. The van der Waals surface area contributed by atoms with Gasteiger partial charge in [-0.2, -0.15) is 0 Å². The van der Waals surface area contributed by atoms with Crippen molar-refractivity contribution in [2.75, 3.05) is 6.61 Å². The number of esters is 1. The first kappa shape index (κ1) is 26.5. The summed E-state index contributed by atoms with van der Waals surface area (Å²) in [6.45, 7) is 14.3. The summed E-state index contributed by atoms with van der Waals surface area (Å²) in [6, 6.07) is 0. The van der Waals surface area contributed by atoms with Gasteiger partial charge in [0.1, 0.15) is 0 Å². The quantitative estimate of drug-likeness (QED) is 0.428. The lowest BCUT2D eigenvalue weighted by Crippen LogP contribution is -2.62. The maximum absolute atomic E-state index is 12.0. The Labute approximate surface area is 208 Å². The van der Waals surface area contributed by atoms with Gasteiger partial charge in [0, 0.05) is 6.42 Å². The van der Waals surface area contributed by atoms with E-state index in [1.807, 2.05) is 0 Å². The number of hydrogen-bond donors (Lipinski definition) is 2. The second-order valence-corrected chi connectivity index (χ2v) is 13.7.